The topological polar surface area (TPSA) is 0 Å². The molecule has 0 saturated heterocycles. The highest BCUT2D eigenvalue weighted by Gasteiger charge is 1.85. The summed E-state index contributed by atoms with van der Waals surface area (Å²) >= 11 is 8.65. The van der Waals surface area contributed by atoms with E-state index in [4.69, 9.17) is 12.2 Å². The molecule has 0 nitrogen and oxygen atoms in total. The van der Waals surface area contributed by atoms with Crippen molar-refractivity contribution < 1.29 is 0 Å². The molecule has 0 aromatic rings. The fourth-order valence-corrected chi connectivity index (χ4v) is 0.370. The average Bonchev–Trinajstić information content (AvgIpc) is 1.65. The van der Waals surface area contributed by atoms with Gasteiger partial charge in [0, 0.05) is 0 Å². The number of hydrogen-bond acceptors (Lipinski definition) is 1. The van der Waals surface area contributed by atoms with E-state index in [2.05, 4.69) is 12.6 Å². The molecule has 0 bridgehead atoms. The summed E-state index contributed by atoms with van der Waals surface area (Å²) < 4.78 is 0.683. The van der Waals surface area contributed by atoms with Crippen LogP contribution in [0.25, 0.3) is 0 Å². The molecule has 0 aromatic carbocycles. The third kappa shape index (κ3) is 2.83. The van der Waals surface area contributed by atoms with Gasteiger partial charge in [0.05, 0.1) is 4.20 Å². The van der Waals surface area contributed by atoms with Crippen molar-refractivity contribution in [2.45, 2.75) is 13.8 Å². The second kappa shape index (κ2) is 3.22. The Kier molecular flexibility index (Phi) is 3.30. The highest BCUT2D eigenvalue weighted by atomic mass is 32.1. The summed E-state index contributed by atoms with van der Waals surface area (Å²) in [5, 5.41) is 0. The number of allylic oxidation sites excluding steroid dienone is 1. The van der Waals surface area contributed by atoms with Crippen molar-refractivity contribution in [3.8, 4) is 0 Å². The van der Waals surface area contributed by atoms with Crippen LogP contribution in [0.5, 0.6) is 0 Å². The van der Waals surface area contributed by atoms with E-state index in [0.29, 0.717) is 4.20 Å². The second-order valence-corrected chi connectivity index (χ2v) is 2.43. The largest absolute Gasteiger partial charge is 0.132 e. The molecule has 0 N–H and O–H groups in total. The number of thiol groups is 1. The smallest absolute Gasteiger partial charge is 0.0701 e. The predicted octanol–water partition coefficient (Wildman–Crippen LogP) is 2.21. The summed E-state index contributed by atoms with van der Waals surface area (Å²) in [7, 11) is 0. The monoisotopic (exact) mass is 132 g/mol. The second-order valence-electron chi connectivity index (χ2n) is 1.28. The van der Waals surface area contributed by atoms with Gasteiger partial charge in [0.2, 0.25) is 0 Å². The molecule has 0 atom stereocenters. The minimum atomic E-state index is 0.683. The van der Waals surface area contributed by atoms with Crippen molar-refractivity contribution in [2.24, 2.45) is 0 Å². The van der Waals surface area contributed by atoms with E-state index in [0.717, 1.165) is 5.57 Å². The molecule has 7 heavy (non-hydrogen) atoms. The van der Waals surface area contributed by atoms with E-state index in [1.807, 2.05) is 19.9 Å². The van der Waals surface area contributed by atoms with Crippen molar-refractivity contribution >= 4 is 29.0 Å². The van der Waals surface area contributed by atoms with Crippen molar-refractivity contribution in [1.82, 2.24) is 0 Å². The van der Waals surface area contributed by atoms with Crippen molar-refractivity contribution in [1.29, 1.82) is 0 Å². The number of rotatable bonds is 1. The molecule has 0 rings (SSSR count). The Bertz CT molecular complexity index is 103. The molecule has 0 aliphatic carbocycles. The maximum atomic E-state index is 4.71. The molecule has 0 aliphatic rings. The lowest BCUT2D eigenvalue weighted by Crippen LogP contribution is -1.80. The summed E-state index contributed by atoms with van der Waals surface area (Å²) in [6.45, 7) is 3.88. The lowest BCUT2D eigenvalue weighted by Gasteiger charge is -1.88. The van der Waals surface area contributed by atoms with E-state index in [1.165, 1.54) is 0 Å². The van der Waals surface area contributed by atoms with Gasteiger partial charge in [-0.2, -0.15) is 0 Å². The van der Waals surface area contributed by atoms with Gasteiger partial charge in [-0.05, 0) is 19.4 Å². The van der Waals surface area contributed by atoms with Crippen LogP contribution in [0, 0.1) is 0 Å². The minimum absolute atomic E-state index is 0.683. The molecular formula is C5H8S2. The average molecular weight is 132 g/mol. The molecule has 0 aliphatic heterocycles. The van der Waals surface area contributed by atoms with Gasteiger partial charge in [0.1, 0.15) is 0 Å². The normalized spacial score (nSPS) is 11.6. The first-order chi connectivity index (χ1) is 3.18. The zero-order valence-electron chi connectivity index (χ0n) is 4.43. The molecule has 0 aromatic heterocycles. The summed E-state index contributed by atoms with van der Waals surface area (Å²) in [5.41, 5.74) is 1.07. The maximum Gasteiger partial charge on any atom is 0.0701 e. The fourth-order valence-electron chi connectivity index (χ4n) is 0.123. The van der Waals surface area contributed by atoms with E-state index < -0.39 is 0 Å². The van der Waals surface area contributed by atoms with Gasteiger partial charge < -0.3 is 0 Å². The van der Waals surface area contributed by atoms with Gasteiger partial charge >= 0.3 is 0 Å². The molecule has 2 heteroatoms. The third-order valence-corrected chi connectivity index (χ3v) is 1.45. The van der Waals surface area contributed by atoms with Gasteiger partial charge in [0.15, 0.2) is 0 Å². The predicted molar refractivity (Wildman–Crippen MR) is 41.0 cm³/mol. The van der Waals surface area contributed by atoms with Gasteiger partial charge in [-0.25, -0.2) is 0 Å². The first-order valence-corrected chi connectivity index (χ1v) is 2.90. The first kappa shape index (κ1) is 7.18. The molecule has 0 heterocycles. The van der Waals surface area contributed by atoms with Crippen LogP contribution >= 0.6 is 24.8 Å². The Hall–Kier alpha value is 0.180. The standard InChI is InChI=1S/C5H8S2/c1-3-4(2)5(6)7/h3H,1-2H3,(H,6,7)/b4-3-. The van der Waals surface area contributed by atoms with Crippen molar-refractivity contribution in [3.63, 3.8) is 0 Å². The molecule has 0 amide bonds. The van der Waals surface area contributed by atoms with E-state index >= 15 is 0 Å². The van der Waals surface area contributed by atoms with Crippen LogP contribution in [0.3, 0.4) is 0 Å². The van der Waals surface area contributed by atoms with E-state index in [-0.39, 0.29) is 0 Å². The lowest BCUT2D eigenvalue weighted by molar-refractivity contribution is 1.57. The molecular weight excluding hydrogens is 124 g/mol. The van der Waals surface area contributed by atoms with Crippen LogP contribution in [0.1, 0.15) is 13.8 Å². The maximum absolute atomic E-state index is 4.71. The van der Waals surface area contributed by atoms with Crippen LogP contribution in [0.15, 0.2) is 11.6 Å². The van der Waals surface area contributed by atoms with Crippen molar-refractivity contribution in [2.75, 3.05) is 0 Å². The SMILES string of the molecule is C/C=C(/C)C(=S)S. The van der Waals surface area contributed by atoms with Crippen LogP contribution in [0.2, 0.25) is 0 Å². The highest BCUT2D eigenvalue weighted by Crippen LogP contribution is 1.98. The van der Waals surface area contributed by atoms with Crippen LogP contribution in [-0.2, 0) is 0 Å². The van der Waals surface area contributed by atoms with Gasteiger partial charge in [0.25, 0.3) is 0 Å². The Labute approximate surface area is 55.0 Å². The minimum Gasteiger partial charge on any atom is -0.132 e. The Morgan fingerprint density at radius 2 is 2.14 bits per heavy atom. The number of hydrogen-bond donors (Lipinski definition) is 1. The third-order valence-electron chi connectivity index (χ3n) is 0.770. The Morgan fingerprint density at radius 3 is 2.14 bits per heavy atom. The molecule has 0 radical (unpaired) electrons. The summed E-state index contributed by atoms with van der Waals surface area (Å²) in [6, 6.07) is 0. The van der Waals surface area contributed by atoms with Crippen LogP contribution < -0.4 is 0 Å². The zero-order chi connectivity index (χ0) is 5.86. The Balaban J connectivity index is 3.82. The van der Waals surface area contributed by atoms with Gasteiger partial charge in [-0.15, -0.1) is 12.6 Å². The highest BCUT2D eigenvalue weighted by molar-refractivity contribution is 8.11. The summed E-state index contributed by atoms with van der Waals surface area (Å²) in [4.78, 5) is 0. The van der Waals surface area contributed by atoms with E-state index in [9.17, 15) is 0 Å². The quantitative estimate of drug-likeness (QED) is 0.324. The van der Waals surface area contributed by atoms with Crippen LogP contribution in [0.4, 0.5) is 0 Å². The lowest BCUT2D eigenvalue weighted by atomic mass is 10.3. The van der Waals surface area contributed by atoms with Crippen LogP contribution in [-0.4, -0.2) is 4.20 Å². The summed E-state index contributed by atoms with van der Waals surface area (Å²) in [6.07, 6.45) is 1.94. The fraction of sp³-hybridized carbons (Fsp3) is 0.400. The first-order valence-electron chi connectivity index (χ1n) is 2.04. The molecule has 0 spiro atoms. The number of thiocarbonyl (C=S) groups is 1. The van der Waals surface area contributed by atoms with Crippen molar-refractivity contribution in [3.05, 3.63) is 11.6 Å². The summed E-state index contributed by atoms with van der Waals surface area (Å²) in [5.74, 6) is 0. The zero-order valence-corrected chi connectivity index (χ0v) is 6.14. The van der Waals surface area contributed by atoms with Gasteiger partial charge in [-0.1, -0.05) is 18.3 Å². The van der Waals surface area contributed by atoms with Gasteiger partial charge in [-0.3, -0.25) is 0 Å². The molecule has 0 unspecified atom stereocenters. The molecule has 40 valence electrons. The Morgan fingerprint density at radius 1 is 1.71 bits per heavy atom. The molecule has 0 fully saturated rings. The van der Waals surface area contributed by atoms with E-state index in [1.54, 1.807) is 0 Å². The molecule has 0 saturated carbocycles.